The Morgan fingerprint density at radius 3 is 2.96 bits per heavy atom. The molecular formula is C19H24N2O3. The van der Waals surface area contributed by atoms with Crippen LogP contribution < -0.4 is 11.1 Å². The van der Waals surface area contributed by atoms with Crippen molar-refractivity contribution in [2.75, 3.05) is 6.54 Å². The van der Waals surface area contributed by atoms with Gasteiger partial charge in [0, 0.05) is 19.5 Å². The fourth-order valence-electron chi connectivity index (χ4n) is 3.21. The monoisotopic (exact) mass is 328 g/mol. The van der Waals surface area contributed by atoms with Gasteiger partial charge in [-0.05, 0) is 50.7 Å². The van der Waals surface area contributed by atoms with E-state index in [0.29, 0.717) is 31.5 Å². The molecule has 0 bridgehead atoms. The molecule has 128 valence electrons. The highest BCUT2D eigenvalue weighted by molar-refractivity contribution is 5.76. The zero-order chi connectivity index (χ0) is 16.8. The normalized spacial score (nSPS) is 14.6. The smallest absolute Gasteiger partial charge is 0.408 e. The minimum atomic E-state index is -0.360. The predicted molar refractivity (Wildman–Crippen MR) is 93.9 cm³/mol. The molecule has 0 spiro atoms. The van der Waals surface area contributed by atoms with Gasteiger partial charge in [0.1, 0.15) is 0 Å². The van der Waals surface area contributed by atoms with E-state index in [9.17, 15) is 9.59 Å². The van der Waals surface area contributed by atoms with Crippen molar-refractivity contribution in [3.8, 4) is 0 Å². The molecule has 2 aromatic rings. The summed E-state index contributed by atoms with van der Waals surface area (Å²) >= 11 is 0. The average molecular weight is 328 g/mol. The van der Waals surface area contributed by atoms with Crippen LogP contribution in [0.25, 0.3) is 11.1 Å². The fourth-order valence-corrected chi connectivity index (χ4v) is 3.21. The molecule has 1 aliphatic carbocycles. The number of nitrogens with zero attached hydrogens (tertiary/aromatic N) is 1. The number of nitrogens with one attached hydrogen (secondary N) is 1. The van der Waals surface area contributed by atoms with E-state index in [4.69, 9.17) is 4.42 Å². The summed E-state index contributed by atoms with van der Waals surface area (Å²) in [7, 11) is 0. The lowest BCUT2D eigenvalue weighted by Gasteiger charge is -2.12. The number of aryl methyl sites for hydroxylation is 1. The molecule has 3 rings (SSSR count). The minimum Gasteiger partial charge on any atom is -0.408 e. The molecule has 24 heavy (non-hydrogen) atoms. The van der Waals surface area contributed by atoms with Gasteiger partial charge < -0.3 is 9.73 Å². The molecule has 5 heteroatoms. The van der Waals surface area contributed by atoms with Crippen LogP contribution in [0.2, 0.25) is 0 Å². The van der Waals surface area contributed by atoms with Crippen molar-refractivity contribution < 1.29 is 9.21 Å². The van der Waals surface area contributed by atoms with Gasteiger partial charge in [0.25, 0.3) is 0 Å². The number of carbonyl (C=O) groups excluding carboxylic acids is 1. The minimum absolute atomic E-state index is 0.0484. The zero-order valence-corrected chi connectivity index (χ0v) is 13.9. The van der Waals surface area contributed by atoms with Gasteiger partial charge >= 0.3 is 5.76 Å². The summed E-state index contributed by atoms with van der Waals surface area (Å²) in [6, 6.07) is 7.35. The van der Waals surface area contributed by atoms with E-state index in [0.717, 1.165) is 11.9 Å². The zero-order valence-electron chi connectivity index (χ0n) is 13.9. The third kappa shape index (κ3) is 4.16. The topological polar surface area (TPSA) is 64.2 Å². The summed E-state index contributed by atoms with van der Waals surface area (Å²) in [5.74, 6) is -0.312. The number of benzene rings is 1. The Labute approximate surface area is 141 Å². The number of oxazole rings is 1. The molecule has 1 aromatic carbocycles. The number of hydrogen-bond acceptors (Lipinski definition) is 3. The largest absolute Gasteiger partial charge is 0.419 e. The number of amides is 1. The molecule has 0 aliphatic heterocycles. The van der Waals surface area contributed by atoms with Crippen molar-refractivity contribution in [2.45, 2.75) is 51.5 Å². The lowest BCUT2D eigenvalue weighted by molar-refractivity contribution is -0.121. The maximum atomic E-state index is 11.9. The first-order valence-corrected chi connectivity index (χ1v) is 8.77. The number of carbonyl (C=O) groups is 1. The summed E-state index contributed by atoms with van der Waals surface area (Å²) < 4.78 is 6.78. The molecule has 1 aromatic heterocycles. The molecule has 0 radical (unpaired) electrons. The van der Waals surface area contributed by atoms with Crippen molar-refractivity contribution in [2.24, 2.45) is 0 Å². The molecule has 0 saturated carbocycles. The molecule has 1 N–H and O–H groups in total. The molecule has 0 fully saturated rings. The van der Waals surface area contributed by atoms with E-state index < -0.39 is 0 Å². The Morgan fingerprint density at radius 2 is 2.12 bits per heavy atom. The van der Waals surface area contributed by atoms with Gasteiger partial charge in [-0.3, -0.25) is 9.36 Å². The van der Waals surface area contributed by atoms with E-state index in [2.05, 4.69) is 11.4 Å². The van der Waals surface area contributed by atoms with Crippen LogP contribution in [0.3, 0.4) is 0 Å². The van der Waals surface area contributed by atoms with Crippen LogP contribution >= 0.6 is 0 Å². The first-order chi connectivity index (χ1) is 11.7. The van der Waals surface area contributed by atoms with Gasteiger partial charge in [0.2, 0.25) is 5.91 Å². The molecule has 1 heterocycles. The predicted octanol–water partition coefficient (Wildman–Crippen LogP) is 3.38. The number of aromatic nitrogens is 1. The number of allylic oxidation sites excluding steroid dienone is 1. The lowest BCUT2D eigenvalue weighted by atomic mass is 9.97. The standard InChI is InChI=1S/C19H24N2O3/c22-18(20-13-12-15-7-2-1-3-8-15)11-6-14-21-16-9-4-5-10-17(16)24-19(21)23/h4-5,7,9-10H,1-3,6,8,11-14H2,(H,20,22). The Hall–Kier alpha value is -2.30. The number of rotatable bonds is 7. The second-order valence-electron chi connectivity index (χ2n) is 6.30. The fraction of sp³-hybridized carbons (Fsp3) is 0.474. The second kappa shape index (κ2) is 7.99. The molecule has 5 nitrogen and oxygen atoms in total. The van der Waals surface area contributed by atoms with Crippen LogP contribution in [0.15, 0.2) is 45.1 Å². The third-order valence-electron chi connectivity index (χ3n) is 4.51. The first kappa shape index (κ1) is 16.6. The van der Waals surface area contributed by atoms with Crippen LogP contribution in [0.4, 0.5) is 0 Å². The van der Waals surface area contributed by atoms with Crippen LogP contribution in [0, 0.1) is 0 Å². The maximum absolute atomic E-state index is 11.9. The SMILES string of the molecule is O=C(CCCn1c(=O)oc2ccccc21)NCCC1=CCCCC1. The summed E-state index contributed by atoms with van der Waals surface area (Å²) in [5.41, 5.74) is 2.85. The van der Waals surface area contributed by atoms with Gasteiger partial charge in [0.05, 0.1) is 5.52 Å². The van der Waals surface area contributed by atoms with Crippen molar-refractivity contribution in [1.82, 2.24) is 9.88 Å². The average Bonchev–Trinajstić information content (AvgIpc) is 2.92. The first-order valence-electron chi connectivity index (χ1n) is 8.77. The highest BCUT2D eigenvalue weighted by atomic mass is 16.4. The second-order valence-corrected chi connectivity index (χ2v) is 6.30. The van der Waals surface area contributed by atoms with E-state index in [1.165, 1.54) is 31.3 Å². The number of hydrogen-bond donors (Lipinski definition) is 1. The van der Waals surface area contributed by atoms with Crippen LogP contribution in [0.1, 0.15) is 44.9 Å². The molecule has 1 amide bonds. The summed E-state index contributed by atoms with van der Waals surface area (Å²) in [4.78, 5) is 23.8. The highest BCUT2D eigenvalue weighted by Gasteiger charge is 2.09. The maximum Gasteiger partial charge on any atom is 0.419 e. The third-order valence-corrected chi connectivity index (χ3v) is 4.51. The van der Waals surface area contributed by atoms with E-state index in [1.807, 2.05) is 18.2 Å². The van der Waals surface area contributed by atoms with Gasteiger partial charge in [-0.25, -0.2) is 4.79 Å². The Balaban J connectivity index is 1.42. The quantitative estimate of drug-likeness (QED) is 0.793. The van der Waals surface area contributed by atoms with Gasteiger partial charge in [-0.15, -0.1) is 0 Å². The van der Waals surface area contributed by atoms with Crippen LogP contribution in [0.5, 0.6) is 0 Å². The van der Waals surface area contributed by atoms with Gasteiger partial charge in [0.15, 0.2) is 5.58 Å². The molecule has 0 atom stereocenters. The van der Waals surface area contributed by atoms with Crippen LogP contribution in [-0.4, -0.2) is 17.0 Å². The molecule has 0 saturated heterocycles. The lowest BCUT2D eigenvalue weighted by Crippen LogP contribution is -2.25. The number of fused-ring (bicyclic) bond motifs is 1. The van der Waals surface area contributed by atoms with Crippen molar-refractivity contribution in [1.29, 1.82) is 0 Å². The Bertz CT molecular complexity index is 785. The summed E-state index contributed by atoms with van der Waals surface area (Å²) in [5, 5.41) is 2.97. The van der Waals surface area contributed by atoms with Crippen molar-refractivity contribution >= 4 is 17.0 Å². The summed E-state index contributed by atoms with van der Waals surface area (Å²) in [6.07, 6.45) is 9.22. The summed E-state index contributed by atoms with van der Waals surface area (Å²) in [6.45, 7) is 1.20. The van der Waals surface area contributed by atoms with E-state index >= 15 is 0 Å². The Kier molecular flexibility index (Phi) is 5.51. The molecule has 1 aliphatic rings. The Morgan fingerprint density at radius 1 is 1.25 bits per heavy atom. The molecular weight excluding hydrogens is 304 g/mol. The van der Waals surface area contributed by atoms with Crippen LogP contribution in [-0.2, 0) is 11.3 Å². The number of para-hydroxylation sites is 2. The van der Waals surface area contributed by atoms with Gasteiger partial charge in [-0.1, -0.05) is 23.8 Å². The van der Waals surface area contributed by atoms with E-state index in [1.54, 1.807) is 10.6 Å². The van der Waals surface area contributed by atoms with E-state index in [-0.39, 0.29) is 11.7 Å². The van der Waals surface area contributed by atoms with Crippen molar-refractivity contribution in [3.05, 3.63) is 46.5 Å². The highest BCUT2D eigenvalue weighted by Crippen LogP contribution is 2.19. The van der Waals surface area contributed by atoms with Crippen molar-refractivity contribution in [3.63, 3.8) is 0 Å². The molecule has 0 unspecified atom stereocenters. The van der Waals surface area contributed by atoms with Gasteiger partial charge in [-0.2, -0.15) is 0 Å².